The molecule has 1 saturated carbocycles. The first-order valence-corrected chi connectivity index (χ1v) is 8.31. The van der Waals surface area contributed by atoms with Gasteiger partial charge in [0.15, 0.2) is 0 Å². The Morgan fingerprint density at radius 2 is 2.13 bits per heavy atom. The van der Waals surface area contributed by atoms with Crippen LogP contribution in [0.25, 0.3) is 5.69 Å². The lowest BCUT2D eigenvalue weighted by Gasteiger charge is -2.37. The summed E-state index contributed by atoms with van der Waals surface area (Å²) < 4.78 is 7.60. The number of amides is 1. The van der Waals surface area contributed by atoms with Gasteiger partial charge in [-0.25, -0.2) is 4.68 Å². The molecule has 2 aromatic rings. The first-order chi connectivity index (χ1) is 11.3. The van der Waals surface area contributed by atoms with Crippen molar-refractivity contribution in [1.29, 1.82) is 0 Å². The largest absolute Gasteiger partial charge is 0.374 e. The summed E-state index contributed by atoms with van der Waals surface area (Å²) in [6.07, 6.45) is 7.72. The van der Waals surface area contributed by atoms with Gasteiger partial charge in [-0.05, 0) is 43.0 Å². The second-order valence-electron chi connectivity index (χ2n) is 6.29. The van der Waals surface area contributed by atoms with Gasteiger partial charge >= 0.3 is 0 Å². The van der Waals surface area contributed by atoms with E-state index >= 15 is 0 Å². The van der Waals surface area contributed by atoms with Gasteiger partial charge in [0, 0.05) is 18.9 Å². The van der Waals surface area contributed by atoms with Gasteiger partial charge in [-0.1, -0.05) is 12.1 Å². The second kappa shape index (κ2) is 6.16. The van der Waals surface area contributed by atoms with Crippen LogP contribution in [0, 0.1) is 0 Å². The molecule has 23 heavy (non-hydrogen) atoms. The summed E-state index contributed by atoms with van der Waals surface area (Å²) in [5.41, 5.74) is 2.06. The van der Waals surface area contributed by atoms with Crippen molar-refractivity contribution in [2.24, 2.45) is 0 Å². The molecule has 1 aliphatic heterocycles. The number of nitrogens with zero attached hydrogens (tertiary/aromatic N) is 3. The molecule has 2 aliphatic rings. The van der Waals surface area contributed by atoms with E-state index in [0.29, 0.717) is 19.1 Å². The minimum Gasteiger partial charge on any atom is -0.374 e. The summed E-state index contributed by atoms with van der Waals surface area (Å²) in [7, 11) is 0. The minimum atomic E-state index is 0.219. The van der Waals surface area contributed by atoms with Crippen LogP contribution in [0.4, 0.5) is 0 Å². The predicted molar refractivity (Wildman–Crippen MR) is 86.4 cm³/mol. The molecule has 0 N–H and O–H groups in total. The van der Waals surface area contributed by atoms with Crippen LogP contribution in [0.3, 0.4) is 0 Å². The summed E-state index contributed by atoms with van der Waals surface area (Å²) in [6, 6.07) is 10.2. The number of carbonyl (C=O) groups excluding carboxylic acids is 1. The van der Waals surface area contributed by atoms with Crippen LogP contribution in [0.15, 0.2) is 42.7 Å². The lowest BCUT2D eigenvalue weighted by molar-refractivity contribution is -0.143. The first kappa shape index (κ1) is 14.5. The van der Waals surface area contributed by atoms with E-state index in [-0.39, 0.29) is 12.0 Å². The number of hydrogen-bond donors (Lipinski definition) is 0. The quantitative estimate of drug-likeness (QED) is 0.873. The number of fused-ring (bicyclic) bond motifs is 1. The number of aromatic nitrogens is 2. The normalized spacial score (nSPS) is 23.7. The molecule has 0 spiro atoms. The monoisotopic (exact) mass is 311 g/mol. The van der Waals surface area contributed by atoms with E-state index in [1.165, 1.54) is 0 Å². The molecule has 4 rings (SSSR count). The highest BCUT2D eigenvalue weighted by atomic mass is 16.5. The number of morpholine rings is 1. The smallest absolute Gasteiger partial charge is 0.227 e. The van der Waals surface area contributed by atoms with Crippen LogP contribution in [0.2, 0.25) is 0 Å². The molecule has 1 amide bonds. The summed E-state index contributed by atoms with van der Waals surface area (Å²) in [4.78, 5) is 14.7. The number of benzene rings is 1. The van der Waals surface area contributed by atoms with Gasteiger partial charge in [0.05, 0.1) is 30.9 Å². The molecule has 1 saturated heterocycles. The lowest BCUT2D eigenvalue weighted by atomic mass is 10.1. The summed E-state index contributed by atoms with van der Waals surface area (Å²) in [5, 5.41) is 4.21. The van der Waals surface area contributed by atoms with Crippen LogP contribution >= 0.6 is 0 Å². The van der Waals surface area contributed by atoms with Crippen molar-refractivity contribution in [1.82, 2.24) is 14.7 Å². The number of carbonyl (C=O) groups is 1. The predicted octanol–water partition coefficient (Wildman–Crippen LogP) is 2.19. The number of ether oxygens (including phenoxy) is 1. The zero-order valence-electron chi connectivity index (χ0n) is 13.1. The van der Waals surface area contributed by atoms with E-state index in [0.717, 1.165) is 37.1 Å². The molecule has 0 unspecified atom stereocenters. The Labute approximate surface area is 135 Å². The van der Waals surface area contributed by atoms with Gasteiger partial charge in [0.2, 0.25) is 5.91 Å². The molecule has 5 nitrogen and oxygen atoms in total. The van der Waals surface area contributed by atoms with Gasteiger partial charge < -0.3 is 9.64 Å². The standard InChI is InChI=1S/C18H21N3O2/c22-18(20-11-12-23-17-4-1-3-16(17)20)13-14-5-7-15(8-6-14)21-10-2-9-19-21/h2,5-10,16-17H,1,3-4,11-13H2/t16-,17-/m0/s1. The lowest BCUT2D eigenvalue weighted by Crippen LogP contribution is -2.51. The fourth-order valence-electron chi connectivity index (χ4n) is 3.70. The maximum atomic E-state index is 12.7. The molecule has 5 heteroatoms. The molecule has 0 bridgehead atoms. The van der Waals surface area contributed by atoms with E-state index in [4.69, 9.17) is 4.74 Å². The maximum Gasteiger partial charge on any atom is 0.227 e. The van der Waals surface area contributed by atoms with Crippen molar-refractivity contribution in [2.75, 3.05) is 13.2 Å². The van der Waals surface area contributed by atoms with Crippen LogP contribution in [0.1, 0.15) is 24.8 Å². The van der Waals surface area contributed by atoms with Gasteiger partial charge in [-0.2, -0.15) is 5.10 Å². The molecular weight excluding hydrogens is 290 g/mol. The van der Waals surface area contributed by atoms with Crippen molar-refractivity contribution in [3.63, 3.8) is 0 Å². The van der Waals surface area contributed by atoms with Gasteiger partial charge in [0.1, 0.15) is 0 Å². The summed E-state index contributed by atoms with van der Waals surface area (Å²) in [5.74, 6) is 0.219. The molecule has 120 valence electrons. The Morgan fingerprint density at radius 3 is 2.91 bits per heavy atom. The minimum absolute atomic E-state index is 0.219. The fraction of sp³-hybridized carbons (Fsp3) is 0.444. The summed E-state index contributed by atoms with van der Waals surface area (Å²) in [6.45, 7) is 1.40. The topological polar surface area (TPSA) is 47.4 Å². The van der Waals surface area contributed by atoms with Crippen LogP contribution in [-0.2, 0) is 16.0 Å². The van der Waals surface area contributed by atoms with Crippen LogP contribution in [0.5, 0.6) is 0 Å². The third-order valence-electron chi connectivity index (χ3n) is 4.86. The Kier molecular flexibility index (Phi) is 3.87. The van der Waals surface area contributed by atoms with Gasteiger partial charge in [0.25, 0.3) is 0 Å². The van der Waals surface area contributed by atoms with E-state index in [9.17, 15) is 4.79 Å². The van der Waals surface area contributed by atoms with Crippen LogP contribution < -0.4 is 0 Å². The van der Waals surface area contributed by atoms with E-state index in [1.54, 1.807) is 6.20 Å². The third-order valence-corrected chi connectivity index (χ3v) is 4.86. The molecule has 1 aromatic carbocycles. The number of hydrogen-bond acceptors (Lipinski definition) is 3. The fourth-order valence-corrected chi connectivity index (χ4v) is 3.70. The first-order valence-electron chi connectivity index (χ1n) is 8.31. The van der Waals surface area contributed by atoms with Gasteiger partial charge in [-0.3, -0.25) is 4.79 Å². The molecule has 1 aliphatic carbocycles. The summed E-state index contributed by atoms with van der Waals surface area (Å²) >= 11 is 0. The highest BCUT2D eigenvalue weighted by Gasteiger charge is 2.38. The SMILES string of the molecule is O=C(Cc1ccc(-n2cccn2)cc1)N1CCO[C@H]2CCC[C@@H]21. The van der Waals surface area contributed by atoms with Crippen molar-refractivity contribution in [2.45, 2.75) is 37.8 Å². The Morgan fingerprint density at radius 1 is 1.26 bits per heavy atom. The van der Waals surface area contributed by atoms with Crippen molar-refractivity contribution in [3.05, 3.63) is 48.3 Å². The van der Waals surface area contributed by atoms with E-state index in [2.05, 4.69) is 5.10 Å². The molecular formula is C18H21N3O2. The Bertz CT molecular complexity index is 666. The average Bonchev–Trinajstić information content (AvgIpc) is 3.26. The molecule has 2 heterocycles. The van der Waals surface area contributed by atoms with Crippen molar-refractivity contribution in [3.8, 4) is 5.69 Å². The molecule has 2 fully saturated rings. The third kappa shape index (κ3) is 2.88. The Balaban J connectivity index is 1.44. The van der Waals surface area contributed by atoms with E-state index in [1.807, 2.05) is 46.1 Å². The van der Waals surface area contributed by atoms with E-state index < -0.39 is 0 Å². The highest BCUT2D eigenvalue weighted by molar-refractivity contribution is 5.79. The second-order valence-corrected chi connectivity index (χ2v) is 6.29. The van der Waals surface area contributed by atoms with Crippen LogP contribution in [-0.4, -0.2) is 45.9 Å². The van der Waals surface area contributed by atoms with Crippen molar-refractivity contribution < 1.29 is 9.53 Å². The Hall–Kier alpha value is -2.14. The molecule has 1 aromatic heterocycles. The average molecular weight is 311 g/mol. The molecule has 2 atom stereocenters. The highest BCUT2D eigenvalue weighted by Crippen LogP contribution is 2.30. The zero-order valence-corrected chi connectivity index (χ0v) is 13.1. The number of rotatable bonds is 3. The maximum absolute atomic E-state index is 12.7. The molecule has 0 radical (unpaired) electrons. The van der Waals surface area contributed by atoms with Crippen molar-refractivity contribution >= 4 is 5.91 Å². The zero-order chi connectivity index (χ0) is 15.6. The van der Waals surface area contributed by atoms with Gasteiger partial charge in [-0.15, -0.1) is 0 Å².